The molecule has 0 spiro atoms. The molecule has 0 aromatic heterocycles. The van der Waals surface area contributed by atoms with E-state index >= 15 is 0 Å². The van der Waals surface area contributed by atoms with E-state index in [4.69, 9.17) is 17.3 Å². The van der Waals surface area contributed by atoms with Gasteiger partial charge >= 0.3 is 0 Å². The zero-order chi connectivity index (χ0) is 13.7. The molecule has 0 aliphatic rings. The Morgan fingerprint density at radius 1 is 1.11 bits per heavy atom. The standard InChI is InChI=1S/C16H19ClN2/c1-2-19(12-13-6-4-3-5-7-13)15-9-8-14(11-18)16(17)10-15/h3-10H,2,11-12,18H2,1H3. The van der Waals surface area contributed by atoms with Gasteiger partial charge in [0.25, 0.3) is 0 Å². The molecule has 0 aliphatic carbocycles. The lowest BCUT2D eigenvalue weighted by molar-refractivity contribution is 0.831. The normalized spacial score (nSPS) is 10.5. The molecule has 3 heteroatoms. The summed E-state index contributed by atoms with van der Waals surface area (Å²) in [6.45, 7) is 4.44. The van der Waals surface area contributed by atoms with Crippen molar-refractivity contribution in [3.05, 3.63) is 64.7 Å². The predicted octanol–water partition coefficient (Wildman–Crippen LogP) is 3.83. The molecule has 2 rings (SSSR count). The Morgan fingerprint density at radius 3 is 2.42 bits per heavy atom. The van der Waals surface area contributed by atoms with Crippen LogP contribution in [0.1, 0.15) is 18.1 Å². The van der Waals surface area contributed by atoms with E-state index in [2.05, 4.69) is 42.2 Å². The number of benzene rings is 2. The minimum absolute atomic E-state index is 0.476. The van der Waals surface area contributed by atoms with E-state index in [1.807, 2.05) is 18.2 Å². The molecule has 0 unspecified atom stereocenters. The smallest absolute Gasteiger partial charge is 0.0471 e. The molecule has 2 N–H and O–H groups in total. The Kier molecular flexibility index (Phi) is 4.83. The van der Waals surface area contributed by atoms with Crippen LogP contribution >= 0.6 is 11.6 Å². The molecular formula is C16H19ClN2. The van der Waals surface area contributed by atoms with Gasteiger partial charge in [-0.25, -0.2) is 0 Å². The third-order valence-corrected chi connectivity index (χ3v) is 3.57. The maximum absolute atomic E-state index is 6.23. The molecule has 100 valence electrons. The number of anilines is 1. The number of hydrogen-bond acceptors (Lipinski definition) is 2. The van der Waals surface area contributed by atoms with E-state index in [0.29, 0.717) is 6.54 Å². The number of hydrogen-bond donors (Lipinski definition) is 1. The van der Waals surface area contributed by atoms with E-state index in [9.17, 15) is 0 Å². The summed E-state index contributed by atoms with van der Waals surface area (Å²) in [6.07, 6.45) is 0. The van der Waals surface area contributed by atoms with Crippen molar-refractivity contribution in [3.8, 4) is 0 Å². The van der Waals surface area contributed by atoms with E-state index < -0.39 is 0 Å². The van der Waals surface area contributed by atoms with Crippen LogP contribution in [0.2, 0.25) is 5.02 Å². The van der Waals surface area contributed by atoms with Gasteiger partial charge in [-0.1, -0.05) is 48.0 Å². The lowest BCUT2D eigenvalue weighted by Crippen LogP contribution is -2.22. The van der Waals surface area contributed by atoms with Gasteiger partial charge in [0.05, 0.1) is 0 Å². The summed E-state index contributed by atoms with van der Waals surface area (Å²) in [7, 11) is 0. The lowest BCUT2D eigenvalue weighted by Gasteiger charge is -2.24. The average Bonchev–Trinajstić information content (AvgIpc) is 2.46. The quantitative estimate of drug-likeness (QED) is 0.898. The van der Waals surface area contributed by atoms with E-state index in [0.717, 1.165) is 29.4 Å². The summed E-state index contributed by atoms with van der Waals surface area (Å²) in [6, 6.07) is 16.5. The van der Waals surface area contributed by atoms with Crippen molar-refractivity contribution in [3.63, 3.8) is 0 Å². The average molecular weight is 275 g/mol. The maximum Gasteiger partial charge on any atom is 0.0471 e. The van der Waals surface area contributed by atoms with Crippen molar-refractivity contribution >= 4 is 17.3 Å². The van der Waals surface area contributed by atoms with Crippen LogP contribution in [0.15, 0.2) is 48.5 Å². The molecule has 0 saturated heterocycles. The molecule has 0 saturated carbocycles. The van der Waals surface area contributed by atoms with Crippen LogP contribution in [0.25, 0.3) is 0 Å². The first-order valence-electron chi connectivity index (χ1n) is 6.52. The van der Waals surface area contributed by atoms with Gasteiger partial charge in [-0.3, -0.25) is 0 Å². The zero-order valence-electron chi connectivity index (χ0n) is 11.1. The highest BCUT2D eigenvalue weighted by Gasteiger charge is 2.07. The Labute approximate surface area is 119 Å². The lowest BCUT2D eigenvalue weighted by atomic mass is 10.1. The molecule has 0 aliphatic heterocycles. The fourth-order valence-electron chi connectivity index (χ4n) is 2.09. The van der Waals surface area contributed by atoms with Gasteiger partial charge in [0.15, 0.2) is 0 Å². The van der Waals surface area contributed by atoms with Gasteiger partial charge in [0, 0.05) is 30.3 Å². The van der Waals surface area contributed by atoms with E-state index in [-0.39, 0.29) is 0 Å². The minimum Gasteiger partial charge on any atom is -0.367 e. The second kappa shape index (κ2) is 6.60. The van der Waals surface area contributed by atoms with E-state index in [1.54, 1.807) is 0 Å². The third-order valence-electron chi connectivity index (χ3n) is 3.22. The van der Waals surface area contributed by atoms with Crippen LogP contribution in [-0.4, -0.2) is 6.54 Å². The monoisotopic (exact) mass is 274 g/mol. The topological polar surface area (TPSA) is 29.3 Å². The number of nitrogens with zero attached hydrogens (tertiary/aromatic N) is 1. The molecule has 2 nitrogen and oxygen atoms in total. The minimum atomic E-state index is 0.476. The van der Waals surface area contributed by atoms with Crippen LogP contribution in [0.4, 0.5) is 5.69 Å². The van der Waals surface area contributed by atoms with Crippen molar-refractivity contribution in [2.45, 2.75) is 20.0 Å². The first kappa shape index (κ1) is 13.9. The second-order valence-corrected chi connectivity index (χ2v) is 4.89. The summed E-state index contributed by atoms with van der Waals surface area (Å²) in [5.74, 6) is 0. The Morgan fingerprint density at radius 2 is 1.84 bits per heavy atom. The van der Waals surface area contributed by atoms with Crippen molar-refractivity contribution in [1.82, 2.24) is 0 Å². The molecule has 2 aromatic carbocycles. The molecule has 0 bridgehead atoms. The maximum atomic E-state index is 6.23. The number of rotatable bonds is 5. The molecular weight excluding hydrogens is 256 g/mol. The summed E-state index contributed by atoms with van der Waals surface area (Å²) < 4.78 is 0. The molecule has 0 radical (unpaired) electrons. The van der Waals surface area contributed by atoms with Crippen molar-refractivity contribution in [2.24, 2.45) is 5.73 Å². The van der Waals surface area contributed by atoms with Gasteiger partial charge in [0.1, 0.15) is 0 Å². The summed E-state index contributed by atoms with van der Waals surface area (Å²) in [4.78, 5) is 2.29. The van der Waals surface area contributed by atoms with Crippen molar-refractivity contribution in [2.75, 3.05) is 11.4 Å². The van der Waals surface area contributed by atoms with Crippen LogP contribution in [0.3, 0.4) is 0 Å². The van der Waals surface area contributed by atoms with E-state index in [1.165, 1.54) is 5.56 Å². The highest BCUT2D eigenvalue weighted by molar-refractivity contribution is 6.31. The van der Waals surface area contributed by atoms with Crippen LogP contribution in [0, 0.1) is 0 Å². The molecule has 19 heavy (non-hydrogen) atoms. The Balaban J connectivity index is 2.20. The van der Waals surface area contributed by atoms with Crippen molar-refractivity contribution in [1.29, 1.82) is 0 Å². The summed E-state index contributed by atoms with van der Waals surface area (Å²) in [5.41, 5.74) is 9.05. The molecule has 0 atom stereocenters. The van der Waals surface area contributed by atoms with Gasteiger partial charge < -0.3 is 10.6 Å². The van der Waals surface area contributed by atoms with Gasteiger partial charge in [-0.15, -0.1) is 0 Å². The summed E-state index contributed by atoms with van der Waals surface area (Å²) >= 11 is 6.23. The molecule has 0 heterocycles. The van der Waals surface area contributed by atoms with Gasteiger partial charge in [-0.05, 0) is 30.2 Å². The van der Waals surface area contributed by atoms with Gasteiger partial charge in [-0.2, -0.15) is 0 Å². The number of halogens is 1. The first-order chi connectivity index (χ1) is 9.24. The second-order valence-electron chi connectivity index (χ2n) is 4.48. The highest BCUT2D eigenvalue weighted by Crippen LogP contribution is 2.24. The SMILES string of the molecule is CCN(Cc1ccccc1)c1ccc(CN)c(Cl)c1. The fraction of sp³-hybridized carbons (Fsp3) is 0.250. The fourth-order valence-corrected chi connectivity index (χ4v) is 2.34. The summed E-state index contributed by atoms with van der Waals surface area (Å²) in [5, 5.41) is 0.742. The Hall–Kier alpha value is -1.51. The molecule has 0 fully saturated rings. The third kappa shape index (κ3) is 3.49. The Bertz CT molecular complexity index is 526. The predicted molar refractivity (Wildman–Crippen MR) is 82.5 cm³/mol. The highest BCUT2D eigenvalue weighted by atomic mass is 35.5. The van der Waals surface area contributed by atoms with Crippen LogP contribution < -0.4 is 10.6 Å². The molecule has 0 amide bonds. The van der Waals surface area contributed by atoms with Crippen molar-refractivity contribution < 1.29 is 0 Å². The van der Waals surface area contributed by atoms with Gasteiger partial charge in [0.2, 0.25) is 0 Å². The largest absolute Gasteiger partial charge is 0.367 e. The zero-order valence-corrected chi connectivity index (χ0v) is 11.9. The van der Waals surface area contributed by atoms with Crippen LogP contribution in [-0.2, 0) is 13.1 Å². The first-order valence-corrected chi connectivity index (χ1v) is 6.89. The van der Waals surface area contributed by atoms with Crippen LogP contribution in [0.5, 0.6) is 0 Å². The number of nitrogens with two attached hydrogens (primary N) is 1. The molecule has 2 aromatic rings.